The maximum absolute atomic E-state index is 11.8. The van der Waals surface area contributed by atoms with E-state index in [1.165, 1.54) is 0 Å². The largest absolute Gasteiger partial charge is 0.481 e. The minimum absolute atomic E-state index is 0.139. The van der Waals surface area contributed by atoms with Gasteiger partial charge in [-0.2, -0.15) is 0 Å². The maximum atomic E-state index is 11.8. The van der Waals surface area contributed by atoms with E-state index in [-0.39, 0.29) is 5.78 Å². The first-order chi connectivity index (χ1) is 8.65. The third-order valence-electron chi connectivity index (χ3n) is 3.03. The number of ketones is 1. The topological polar surface area (TPSA) is 54.4 Å². The number of carboxylic acid groups (broad SMARTS) is 1. The lowest BCUT2D eigenvalue weighted by molar-refractivity contribution is -0.146. The number of Topliss-reactive ketones (excluding diaryl/α,β-unsaturated/α-hetero) is 1. The summed E-state index contributed by atoms with van der Waals surface area (Å²) >= 11 is 0. The van der Waals surface area contributed by atoms with Gasteiger partial charge < -0.3 is 5.11 Å². The second kappa shape index (κ2) is 7.64. The van der Waals surface area contributed by atoms with E-state index in [9.17, 15) is 9.59 Å². The van der Waals surface area contributed by atoms with Crippen molar-refractivity contribution in [2.75, 3.05) is 0 Å². The van der Waals surface area contributed by atoms with Crippen LogP contribution in [0.2, 0.25) is 0 Å². The molecule has 1 rings (SSSR count). The molecule has 0 aliphatic carbocycles. The SMILES string of the molecule is CCCCC(=O)C(CCc1ccccc1)C(=O)O. The molecule has 1 atom stereocenters. The fourth-order valence-electron chi connectivity index (χ4n) is 1.90. The van der Waals surface area contributed by atoms with Crippen LogP contribution in [0.4, 0.5) is 0 Å². The molecule has 98 valence electrons. The van der Waals surface area contributed by atoms with Crippen LogP contribution in [0.1, 0.15) is 38.2 Å². The number of benzene rings is 1. The normalized spacial score (nSPS) is 12.1. The van der Waals surface area contributed by atoms with Gasteiger partial charge >= 0.3 is 5.97 Å². The van der Waals surface area contributed by atoms with Crippen LogP contribution in [0.3, 0.4) is 0 Å². The van der Waals surface area contributed by atoms with E-state index in [2.05, 4.69) is 0 Å². The first-order valence-electron chi connectivity index (χ1n) is 6.44. The molecule has 0 fully saturated rings. The predicted octanol–water partition coefficient (Wildman–Crippen LogP) is 3.08. The first-order valence-corrected chi connectivity index (χ1v) is 6.44. The molecule has 1 aromatic carbocycles. The Morgan fingerprint density at radius 2 is 1.89 bits per heavy atom. The van der Waals surface area contributed by atoms with E-state index in [0.717, 1.165) is 18.4 Å². The third-order valence-corrected chi connectivity index (χ3v) is 3.03. The van der Waals surface area contributed by atoms with Crippen molar-refractivity contribution in [1.82, 2.24) is 0 Å². The molecule has 0 radical (unpaired) electrons. The van der Waals surface area contributed by atoms with Gasteiger partial charge in [0.05, 0.1) is 0 Å². The monoisotopic (exact) mass is 248 g/mol. The van der Waals surface area contributed by atoms with Crippen molar-refractivity contribution >= 4 is 11.8 Å². The van der Waals surface area contributed by atoms with Crippen LogP contribution in [0, 0.1) is 5.92 Å². The van der Waals surface area contributed by atoms with Gasteiger partial charge in [-0.25, -0.2) is 0 Å². The lowest BCUT2D eigenvalue weighted by Gasteiger charge is -2.11. The summed E-state index contributed by atoms with van der Waals surface area (Å²) in [4.78, 5) is 22.9. The Kier molecular flexibility index (Phi) is 6.12. The second-order valence-corrected chi connectivity index (χ2v) is 4.48. The van der Waals surface area contributed by atoms with Crippen LogP contribution >= 0.6 is 0 Å². The average molecular weight is 248 g/mol. The van der Waals surface area contributed by atoms with Gasteiger partial charge in [0, 0.05) is 6.42 Å². The van der Waals surface area contributed by atoms with E-state index in [1.807, 2.05) is 37.3 Å². The quantitative estimate of drug-likeness (QED) is 0.719. The minimum atomic E-state index is -0.993. The molecule has 0 bridgehead atoms. The summed E-state index contributed by atoms with van der Waals surface area (Å²) in [5.74, 6) is -1.98. The lowest BCUT2D eigenvalue weighted by Crippen LogP contribution is -2.24. The lowest BCUT2D eigenvalue weighted by atomic mass is 9.93. The number of carbonyl (C=O) groups excluding carboxylic acids is 1. The number of hydrogen-bond acceptors (Lipinski definition) is 2. The van der Waals surface area contributed by atoms with Crippen LogP contribution in [-0.2, 0) is 16.0 Å². The van der Waals surface area contributed by atoms with Crippen molar-refractivity contribution < 1.29 is 14.7 Å². The van der Waals surface area contributed by atoms with Crippen molar-refractivity contribution in [3.63, 3.8) is 0 Å². The van der Waals surface area contributed by atoms with Gasteiger partial charge in [0.15, 0.2) is 0 Å². The summed E-state index contributed by atoms with van der Waals surface area (Å²) in [6.45, 7) is 1.99. The van der Waals surface area contributed by atoms with Crippen LogP contribution in [-0.4, -0.2) is 16.9 Å². The molecule has 0 spiro atoms. The third kappa shape index (κ3) is 4.70. The number of carboxylic acids is 1. The van der Waals surface area contributed by atoms with Crippen LogP contribution in [0.5, 0.6) is 0 Å². The number of rotatable bonds is 8. The number of carbonyl (C=O) groups is 2. The summed E-state index contributed by atoms with van der Waals surface area (Å²) in [7, 11) is 0. The summed E-state index contributed by atoms with van der Waals surface area (Å²) in [6, 6.07) is 9.67. The molecule has 0 saturated carbocycles. The standard InChI is InChI=1S/C15H20O3/c1-2-3-9-14(16)13(15(17)18)11-10-12-7-5-4-6-8-12/h4-8,13H,2-3,9-11H2,1H3,(H,17,18). The molecule has 0 aliphatic rings. The van der Waals surface area contributed by atoms with Gasteiger partial charge in [0.1, 0.15) is 11.7 Å². The van der Waals surface area contributed by atoms with Crippen molar-refractivity contribution in [3.8, 4) is 0 Å². The second-order valence-electron chi connectivity index (χ2n) is 4.48. The molecular formula is C15H20O3. The molecule has 1 aromatic rings. The zero-order chi connectivity index (χ0) is 13.4. The van der Waals surface area contributed by atoms with E-state index >= 15 is 0 Å². The molecule has 0 aromatic heterocycles. The first kappa shape index (κ1) is 14.4. The average Bonchev–Trinajstić information content (AvgIpc) is 2.37. The van der Waals surface area contributed by atoms with Crippen molar-refractivity contribution in [1.29, 1.82) is 0 Å². The summed E-state index contributed by atoms with van der Waals surface area (Å²) in [5.41, 5.74) is 1.08. The maximum Gasteiger partial charge on any atom is 0.314 e. The molecule has 0 saturated heterocycles. The summed E-state index contributed by atoms with van der Waals surface area (Å²) in [5, 5.41) is 9.10. The molecular weight excluding hydrogens is 228 g/mol. The van der Waals surface area contributed by atoms with Gasteiger partial charge in [-0.1, -0.05) is 43.7 Å². The highest BCUT2D eigenvalue weighted by atomic mass is 16.4. The smallest absolute Gasteiger partial charge is 0.314 e. The Morgan fingerprint density at radius 3 is 2.44 bits per heavy atom. The molecule has 0 amide bonds. The van der Waals surface area contributed by atoms with E-state index in [4.69, 9.17) is 5.11 Å². The Morgan fingerprint density at radius 1 is 1.22 bits per heavy atom. The van der Waals surface area contributed by atoms with Crippen molar-refractivity contribution in [3.05, 3.63) is 35.9 Å². The van der Waals surface area contributed by atoms with E-state index in [0.29, 0.717) is 19.3 Å². The van der Waals surface area contributed by atoms with Crippen molar-refractivity contribution in [2.45, 2.75) is 39.0 Å². The van der Waals surface area contributed by atoms with Gasteiger partial charge in [-0.15, -0.1) is 0 Å². The van der Waals surface area contributed by atoms with Crippen LogP contribution < -0.4 is 0 Å². The predicted molar refractivity (Wildman–Crippen MR) is 70.4 cm³/mol. The summed E-state index contributed by atoms with van der Waals surface area (Å²) < 4.78 is 0. The minimum Gasteiger partial charge on any atom is -0.481 e. The van der Waals surface area contributed by atoms with E-state index < -0.39 is 11.9 Å². The molecule has 3 nitrogen and oxygen atoms in total. The Balaban J connectivity index is 2.53. The fraction of sp³-hybridized carbons (Fsp3) is 0.467. The zero-order valence-electron chi connectivity index (χ0n) is 10.8. The van der Waals surface area contributed by atoms with Gasteiger partial charge in [0.25, 0.3) is 0 Å². The highest BCUT2D eigenvalue weighted by Gasteiger charge is 2.24. The molecule has 0 aliphatic heterocycles. The van der Waals surface area contributed by atoms with Gasteiger partial charge in [-0.05, 0) is 24.8 Å². The molecule has 3 heteroatoms. The summed E-state index contributed by atoms with van der Waals surface area (Å²) in [6.07, 6.45) is 3.09. The number of unbranched alkanes of at least 4 members (excludes halogenated alkanes) is 1. The van der Waals surface area contributed by atoms with Gasteiger partial charge in [-0.3, -0.25) is 9.59 Å². The van der Waals surface area contributed by atoms with Gasteiger partial charge in [0.2, 0.25) is 0 Å². The Bertz CT molecular complexity index is 384. The highest BCUT2D eigenvalue weighted by molar-refractivity contribution is 5.98. The molecule has 18 heavy (non-hydrogen) atoms. The Labute approximate surface area is 108 Å². The zero-order valence-corrected chi connectivity index (χ0v) is 10.8. The molecule has 1 unspecified atom stereocenters. The number of hydrogen-bond donors (Lipinski definition) is 1. The Hall–Kier alpha value is -1.64. The fourth-order valence-corrected chi connectivity index (χ4v) is 1.90. The van der Waals surface area contributed by atoms with Crippen LogP contribution in [0.15, 0.2) is 30.3 Å². The number of aliphatic carboxylic acids is 1. The molecule has 0 heterocycles. The van der Waals surface area contributed by atoms with Crippen LogP contribution in [0.25, 0.3) is 0 Å². The number of aryl methyl sites for hydroxylation is 1. The van der Waals surface area contributed by atoms with E-state index in [1.54, 1.807) is 0 Å². The van der Waals surface area contributed by atoms with Crippen molar-refractivity contribution in [2.24, 2.45) is 5.92 Å². The molecule has 1 N–H and O–H groups in total. The highest BCUT2D eigenvalue weighted by Crippen LogP contribution is 2.14.